The number of hydrogen-bond acceptors (Lipinski definition) is 2. The van der Waals surface area contributed by atoms with Crippen molar-refractivity contribution in [3.63, 3.8) is 0 Å². The molecule has 1 aliphatic heterocycles. The molecule has 0 saturated carbocycles. The maximum atomic E-state index is 14.4. The van der Waals surface area contributed by atoms with Crippen LogP contribution in [0.15, 0.2) is 42.5 Å². The SMILES string of the molecule is NCCc1cccc(F)c1N1CCCc2ccccc2C1. The second-order valence-electron chi connectivity index (χ2n) is 5.58. The Hall–Kier alpha value is -1.87. The van der Waals surface area contributed by atoms with Gasteiger partial charge in [0, 0.05) is 13.1 Å². The van der Waals surface area contributed by atoms with E-state index in [-0.39, 0.29) is 5.82 Å². The Balaban J connectivity index is 1.97. The van der Waals surface area contributed by atoms with Crippen LogP contribution in [0.3, 0.4) is 0 Å². The van der Waals surface area contributed by atoms with Crippen LogP contribution in [0.2, 0.25) is 0 Å². The zero-order chi connectivity index (χ0) is 14.7. The second-order valence-corrected chi connectivity index (χ2v) is 5.58. The summed E-state index contributed by atoms with van der Waals surface area (Å²) >= 11 is 0. The van der Waals surface area contributed by atoms with Gasteiger partial charge in [0.15, 0.2) is 0 Å². The molecule has 0 spiro atoms. The molecule has 0 radical (unpaired) electrons. The van der Waals surface area contributed by atoms with Crippen molar-refractivity contribution in [3.05, 3.63) is 65.0 Å². The van der Waals surface area contributed by atoms with Gasteiger partial charge in [0.05, 0.1) is 5.69 Å². The number of para-hydroxylation sites is 1. The van der Waals surface area contributed by atoms with E-state index in [1.807, 2.05) is 6.07 Å². The summed E-state index contributed by atoms with van der Waals surface area (Å²) in [6.45, 7) is 2.20. The molecule has 110 valence electrons. The molecule has 1 aliphatic rings. The van der Waals surface area contributed by atoms with Crippen molar-refractivity contribution in [1.82, 2.24) is 0 Å². The van der Waals surface area contributed by atoms with E-state index >= 15 is 0 Å². The van der Waals surface area contributed by atoms with Crippen LogP contribution in [0.25, 0.3) is 0 Å². The lowest BCUT2D eigenvalue weighted by atomic mass is 10.0. The summed E-state index contributed by atoms with van der Waals surface area (Å²) in [4.78, 5) is 2.17. The third kappa shape index (κ3) is 2.93. The maximum absolute atomic E-state index is 14.4. The summed E-state index contributed by atoms with van der Waals surface area (Å²) < 4.78 is 14.4. The third-order valence-electron chi connectivity index (χ3n) is 4.15. The van der Waals surface area contributed by atoms with Crippen molar-refractivity contribution >= 4 is 5.69 Å². The van der Waals surface area contributed by atoms with Crippen molar-refractivity contribution in [2.24, 2.45) is 5.73 Å². The first-order valence-corrected chi connectivity index (χ1v) is 7.59. The highest BCUT2D eigenvalue weighted by atomic mass is 19.1. The molecule has 1 heterocycles. The predicted octanol–water partition coefficient (Wildman–Crippen LogP) is 3.28. The number of halogens is 1. The van der Waals surface area contributed by atoms with Gasteiger partial charge < -0.3 is 10.6 Å². The van der Waals surface area contributed by atoms with E-state index < -0.39 is 0 Å². The lowest BCUT2D eigenvalue weighted by molar-refractivity contribution is 0.611. The molecule has 2 N–H and O–H groups in total. The van der Waals surface area contributed by atoms with Crippen molar-refractivity contribution in [2.75, 3.05) is 18.0 Å². The Bertz CT molecular complexity index is 624. The largest absolute Gasteiger partial charge is 0.365 e. The molecule has 21 heavy (non-hydrogen) atoms. The van der Waals surface area contributed by atoms with Crippen LogP contribution >= 0.6 is 0 Å². The van der Waals surface area contributed by atoms with Gasteiger partial charge in [-0.3, -0.25) is 0 Å². The molecule has 2 aromatic carbocycles. The fraction of sp³-hybridized carbons (Fsp3) is 0.333. The van der Waals surface area contributed by atoms with Gasteiger partial charge in [-0.2, -0.15) is 0 Å². The summed E-state index contributed by atoms with van der Waals surface area (Å²) in [7, 11) is 0. The van der Waals surface area contributed by atoms with Gasteiger partial charge in [-0.25, -0.2) is 4.39 Å². The Labute approximate surface area is 125 Å². The fourth-order valence-corrected chi connectivity index (χ4v) is 3.16. The van der Waals surface area contributed by atoms with Crippen LogP contribution in [0.1, 0.15) is 23.1 Å². The van der Waals surface area contributed by atoms with E-state index in [9.17, 15) is 4.39 Å². The van der Waals surface area contributed by atoms with Crippen LogP contribution in [0, 0.1) is 5.82 Å². The molecule has 2 nitrogen and oxygen atoms in total. The molecule has 0 saturated heterocycles. The number of nitrogens with zero attached hydrogens (tertiary/aromatic N) is 1. The van der Waals surface area contributed by atoms with E-state index in [1.54, 1.807) is 12.1 Å². The standard InChI is InChI=1S/C18H21FN2/c19-17-9-3-7-15(10-11-20)18(17)21-12-4-8-14-5-1-2-6-16(14)13-21/h1-3,5-7,9H,4,8,10-13,20H2. The Morgan fingerprint density at radius 3 is 2.67 bits per heavy atom. The van der Waals surface area contributed by atoms with Crippen molar-refractivity contribution in [2.45, 2.75) is 25.8 Å². The first-order valence-electron chi connectivity index (χ1n) is 7.59. The van der Waals surface area contributed by atoms with E-state index in [1.165, 1.54) is 11.1 Å². The van der Waals surface area contributed by atoms with E-state index in [2.05, 4.69) is 29.2 Å². The van der Waals surface area contributed by atoms with Gasteiger partial charge in [-0.15, -0.1) is 0 Å². The Morgan fingerprint density at radius 1 is 1.05 bits per heavy atom. The number of nitrogens with two attached hydrogens (primary N) is 1. The van der Waals surface area contributed by atoms with Gasteiger partial charge in [0.1, 0.15) is 5.82 Å². The van der Waals surface area contributed by atoms with Gasteiger partial charge >= 0.3 is 0 Å². The van der Waals surface area contributed by atoms with Gasteiger partial charge in [0.2, 0.25) is 0 Å². The van der Waals surface area contributed by atoms with Gasteiger partial charge in [-0.05, 0) is 48.6 Å². The molecule has 0 unspecified atom stereocenters. The van der Waals surface area contributed by atoms with Crippen LogP contribution in [0.5, 0.6) is 0 Å². The quantitative estimate of drug-likeness (QED) is 0.937. The first-order chi connectivity index (χ1) is 10.3. The fourth-order valence-electron chi connectivity index (χ4n) is 3.16. The molecule has 0 bridgehead atoms. The third-order valence-corrected chi connectivity index (χ3v) is 4.15. The molecule has 0 fully saturated rings. The van der Waals surface area contributed by atoms with E-state index in [0.29, 0.717) is 13.0 Å². The van der Waals surface area contributed by atoms with Crippen molar-refractivity contribution in [1.29, 1.82) is 0 Å². The molecule has 3 heteroatoms. The highest BCUT2D eigenvalue weighted by Crippen LogP contribution is 2.29. The van der Waals surface area contributed by atoms with Crippen LogP contribution in [-0.4, -0.2) is 13.1 Å². The molecule has 0 aromatic heterocycles. The minimum atomic E-state index is -0.139. The lowest BCUT2D eigenvalue weighted by Gasteiger charge is -2.26. The summed E-state index contributed by atoms with van der Waals surface area (Å²) in [5.41, 5.74) is 10.1. The summed E-state index contributed by atoms with van der Waals surface area (Å²) in [5.74, 6) is -0.139. The minimum absolute atomic E-state index is 0.139. The highest BCUT2D eigenvalue weighted by molar-refractivity contribution is 5.56. The number of benzene rings is 2. The molecular formula is C18H21FN2. The predicted molar refractivity (Wildman–Crippen MR) is 85.0 cm³/mol. The molecule has 0 amide bonds. The van der Waals surface area contributed by atoms with Crippen molar-refractivity contribution < 1.29 is 4.39 Å². The molecule has 0 atom stereocenters. The Kier molecular flexibility index (Phi) is 4.20. The summed E-state index contributed by atoms with van der Waals surface area (Å²) in [5, 5.41) is 0. The van der Waals surface area contributed by atoms with Crippen LogP contribution in [-0.2, 0) is 19.4 Å². The normalized spacial score (nSPS) is 14.7. The molecule has 3 rings (SSSR count). The van der Waals surface area contributed by atoms with Crippen LogP contribution < -0.4 is 10.6 Å². The maximum Gasteiger partial charge on any atom is 0.146 e. The number of rotatable bonds is 3. The zero-order valence-corrected chi connectivity index (χ0v) is 12.2. The zero-order valence-electron chi connectivity index (χ0n) is 12.2. The average Bonchev–Trinajstić information content (AvgIpc) is 2.70. The molecular weight excluding hydrogens is 263 g/mol. The average molecular weight is 284 g/mol. The van der Waals surface area contributed by atoms with Crippen molar-refractivity contribution in [3.8, 4) is 0 Å². The number of fused-ring (bicyclic) bond motifs is 1. The number of anilines is 1. The summed E-state index contributed by atoms with van der Waals surface area (Å²) in [6, 6.07) is 13.8. The second kappa shape index (κ2) is 6.27. The smallest absolute Gasteiger partial charge is 0.146 e. The number of aryl methyl sites for hydroxylation is 1. The van der Waals surface area contributed by atoms with Gasteiger partial charge in [-0.1, -0.05) is 36.4 Å². The summed E-state index contributed by atoms with van der Waals surface area (Å²) in [6.07, 6.45) is 2.83. The Morgan fingerprint density at radius 2 is 1.86 bits per heavy atom. The van der Waals surface area contributed by atoms with Crippen LogP contribution in [0.4, 0.5) is 10.1 Å². The van der Waals surface area contributed by atoms with Gasteiger partial charge in [0.25, 0.3) is 0 Å². The number of hydrogen-bond donors (Lipinski definition) is 1. The minimum Gasteiger partial charge on any atom is -0.365 e. The van der Waals surface area contributed by atoms with E-state index in [0.717, 1.165) is 37.2 Å². The highest BCUT2D eigenvalue weighted by Gasteiger charge is 2.19. The monoisotopic (exact) mass is 284 g/mol. The first kappa shape index (κ1) is 14.1. The lowest BCUT2D eigenvalue weighted by Crippen LogP contribution is -2.25. The van der Waals surface area contributed by atoms with E-state index in [4.69, 9.17) is 5.73 Å². The topological polar surface area (TPSA) is 29.3 Å². The molecule has 2 aromatic rings. The molecule has 0 aliphatic carbocycles.